The minimum atomic E-state index is -0.284. The summed E-state index contributed by atoms with van der Waals surface area (Å²) in [5.41, 5.74) is 0.964. The molecule has 1 aromatic rings. The molecule has 5 heteroatoms. The van der Waals surface area contributed by atoms with Crippen LogP contribution in [0.2, 0.25) is 0 Å². The second-order valence-corrected chi connectivity index (χ2v) is 5.03. The van der Waals surface area contributed by atoms with Crippen molar-refractivity contribution in [2.75, 3.05) is 26.7 Å². The molecule has 1 atom stereocenters. The van der Waals surface area contributed by atoms with Crippen molar-refractivity contribution in [3.63, 3.8) is 0 Å². The first-order chi connectivity index (χ1) is 10.0. The molecule has 0 spiro atoms. The van der Waals surface area contributed by atoms with Crippen molar-refractivity contribution in [3.05, 3.63) is 35.9 Å². The van der Waals surface area contributed by atoms with Crippen molar-refractivity contribution in [1.29, 1.82) is 0 Å². The molecule has 21 heavy (non-hydrogen) atoms. The van der Waals surface area contributed by atoms with Gasteiger partial charge in [-0.1, -0.05) is 37.3 Å². The van der Waals surface area contributed by atoms with E-state index in [1.54, 1.807) is 18.9 Å². The van der Waals surface area contributed by atoms with Gasteiger partial charge in [-0.25, -0.2) is 0 Å². The zero-order valence-electron chi connectivity index (χ0n) is 13.0. The summed E-state index contributed by atoms with van der Waals surface area (Å²) in [6.45, 7) is 5.32. The van der Waals surface area contributed by atoms with E-state index in [0.29, 0.717) is 13.1 Å². The first kappa shape index (κ1) is 17.2. The maximum absolute atomic E-state index is 11.8. The number of ether oxygens (including phenoxy) is 1. The molecular weight excluding hydrogens is 268 g/mol. The topological polar surface area (TPSA) is 58.6 Å². The molecule has 116 valence electrons. The number of nitrogens with zero attached hydrogens (tertiary/aromatic N) is 1. The van der Waals surface area contributed by atoms with E-state index in [2.05, 4.69) is 5.32 Å². The molecule has 1 rings (SSSR count). The molecule has 0 bridgehead atoms. The molecule has 0 fully saturated rings. The highest BCUT2D eigenvalue weighted by Gasteiger charge is 2.15. The summed E-state index contributed by atoms with van der Waals surface area (Å²) in [6, 6.07) is 9.56. The Morgan fingerprint density at radius 1 is 1.29 bits per heavy atom. The second kappa shape index (κ2) is 9.13. The molecular formula is C16H24N2O3. The number of benzene rings is 1. The van der Waals surface area contributed by atoms with Crippen LogP contribution in [0.5, 0.6) is 0 Å². The molecule has 1 amide bonds. The van der Waals surface area contributed by atoms with Crippen LogP contribution in [0.3, 0.4) is 0 Å². The summed E-state index contributed by atoms with van der Waals surface area (Å²) in [7, 11) is 1.75. The van der Waals surface area contributed by atoms with Crippen LogP contribution in [-0.2, 0) is 20.9 Å². The van der Waals surface area contributed by atoms with Crippen molar-refractivity contribution in [3.8, 4) is 0 Å². The fourth-order valence-corrected chi connectivity index (χ4v) is 1.66. The van der Waals surface area contributed by atoms with E-state index in [4.69, 9.17) is 4.74 Å². The van der Waals surface area contributed by atoms with E-state index in [9.17, 15) is 9.59 Å². The predicted octanol–water partition coefficient (Wildman–Crippen LogP) is 1.43. The van der Waals surface area contributed by atoms with Crippen LogP contribution in [0.4, 0.5) is 0 Å². The third-order valence-electron chi connectivity index (χ3n) is 3.25. The van der Waals surface area contributed by atoms with Crippen molar-refractivity contribution >= 4 is 11.9 Å². The first-order valence-electron chi connectivity index (χ1n) is 7.19. The third kappa shape index (κ3) is 6.40. The van der Waals surface area contributed by atoms with Crippen LogP contribution in [0.1, 0.15) is 19.4 Å². The van der Waals surface area contributed by atoms with Crippen LogP contribution in [0.25, 0.3) is 0 Å². The van der Waals surface area contributed by atoms with Crippen molar-refractivity contribution in [1.82, 2.24) is 10.2 Å². The summed E-state index contributed by atoms with van der Waals surface area (Å²) in [5.74, 6) is -0.529. The molecule has 0 heterocycles. The van der Waals surface area contributed by atoms with Crippen LogP contribution >= 0.6 is 0 Å². The van der Waals surface area contributed by atoms with E-state index in [-0.39, 0.29) is 30.9 Å². The third-order valence-corrected chi connectivity index (χ3v) is 3.25. The first-order valence-corrected chi connectivity index (χ1v) is 7.19. The Balaban J connectivity index is 2.24. The fraction of sp³-hybridized carbons (Fsp3) is 0.500. The number of hydrogen-bond acceptors (Lipinski definition) is 4. The molecule has 0 aliphatic rings. The number of carbonyl (C=O) groups excluding carboxylic acids is 2. The van der Waals surface area contributed by atoms with Crippen molar-refractivity contribution in [2.24, 2.45) is 5.92 Å². The zero-order valence-corrected chi connectivity index (χ0v) is 13.0. The summed E-state index contributed by atoms with van der Waals surface area (Å²) >= 11 is 0. The standard InChI is InChI=1S/C16H24N2O3/c1-4-18(3)15(19)11-17-10-13(2)16(20)21-12-14-8-6-5-7-9-14/h5-9,13,17H,4,10-12H2,1-3H3. The van der Waals surface area contributed by atoms with Gasteiger partial charge in [0.15, 0.2) is 0 Å². The lowest BCUT2D eigenvalue weighted by Crippen LogP contribution is -2.38. The normalized spacial score (nSPS) is 11.8. The maximum Gasteiger partial charge on any atom is 0.310 e. The maximum atomic E-state index is 11.8. The number of likely N-dealkylation sites (N-methyl/N-ethyl adjacent to an activating group) is 1. The molecule has 1 aromatic carbocycles. The summed E-state index contributed by atoms with van der Waals surface area (Å²) in [4.78, 5) is 25.0. The average molecular weight is 292 g/mol. The van der Waals surface area contributed by atoms with Gasteiger partial charge in [0.25, 0.3) is 0 Å². The molecule has 0 saturated heterocycles. The van der Waals surface area contributed by atoms with E-state index in [0.717, 1.165) is 5.56 Å². The second-order valence-electron chi connectivity index (χ2n) is 5.03. The molecule has 0 saturated carbocycles. The number of rotatable bonds is 8. The Morgan fingerprint density at radius 3 is 2.57 bits per heavy atom. The Morgan fingerprint density at radius 2 is 1.95 bits per heavy atom. The number of carbonyl (C=O) groups is 2. The van der Waals surface area contributed by atoms with Crippen LogP contribution in [-0.4, -0.2) is 43.5 Å². The minimum absolute atomic E-state index is 0.0161. The molecule has 0 radical (unpaired) electrons. The van der Waals surface area contributed by atoms with Gasteiger partial charge in [0, 0.05) is 20.1 Å². The van der Waals surface area contributed by atoms with Crippen LogP contribution in [0, 0.1) is 5.92 Å². The van der Waals surface area contributed by atoms with Gasteiger partial charge in [-0.05, 0) is 12.5 Å². The van der Waals surface area contributed by atoms with Crippen LogP contribution in [0.15, 0.2) is 30.3 Å². The Kier molecular flexibility index (Phi) is 7.46. The highest BCUT2D eigenvalue weighted by Crippen LogP contribution is 2.04. The molecule has 0 aliphatic heterocycles. The Labute approximate surface area is 126 Å². The highest BCUT2D eigenvalue weighted by molar-refractivity contribution is 5.78. The van der Waals surface area contributed by atoms with E-state index in [1.807, 2.05) is 37.3 Å². The van der Waals surface area contributed by atoms with Crippen LogP contribution < -0.4 is 5.32 Å². The van der Waals surface area contributed by atoms with Gasteiger partial charge in [0.1, 0.15) is 6.61 Å². The molecule has 0 aliphatic carbocycles. The van der Waals surface area contributed by atoms with Gasteiger partial charge >= 0.3 is 5.97 Å². The number of amides is 1. The molecule has 0 aromatic heterocycles. The number of esters is 1. The van der Waals surface area contributed by atoms with Gasteiger partial charge in [-0.2, -0.15) is 0 Å². The lowest BCUT2D eigenvalue weighted by atomic mass is 10.2. The van der Waals surface area contributed by atoms with Gasteiger partial charge in [0.05, 0.1) is 12.5 Å². The smallest absolute Gasteiger partial charge is 0.310 e. The van der Waals surface area contributed by atoms with E-state index in [1.165, 1.54) is 0 Å². The quantitative estimate of drug-likeness (QED) is 0.737. The van der Waals surface area contributed by atoms with E-state index >= 15 is 0 Å². The van der Waals surface area contributed by atoms with Gasteiger partial charge in [-0.15, -0.1) is 0 Å². The van der Waals surface area contributed by atoms with Crippen molar-refractivity contribution in [2.45, 2.75) is 20.5 Å². The van der Waals surface area contributed by atoms with Gasteiger partial charge in [-0.3, -0.25) is 9.59 Å². The Hall–Kier alpha value is -1.88. The number of hydrogen-bond donors (Lipinski definition) is 1. The van der Waals surface area contributed by atoms with Crippen molar-refractivity contribution < 1.29 is 14.3 Å². The molecule has 5 nitrogen and oxygen atoms in total. The zero-order chi connectivity index (χ0) is 15.7. The minimum Gasteiger partial charge on any atom is -0.461 e. The van der Waals surface area contributed by atoms with E-state index < -0.39 is 0 Å². The molecule has 1 unspecified atom stereocenters. The van der Waals surface area contributed by atoms with Gasteiger partial charge < -0.3 is 15.0 Å². The van der Waals surface area contributed by atoms with Gasteiger partial charge in [0.2, 0.25) is 5.91 Å². The lowest BCUT2D eigenvalue weighted by Gasteiger charge is -2.16. The lowest BCUT2D eigenvalue weighted by molar-refractivity contribution is -0.149. The fourth-order valence-electron chi connectivity index (χ4n) is 1.66. The SMILES string of the molecule is CCN(C)C(=O)CNCC(C)C(=O)OCc1ccccc1. The largest absolute Gasteiger partial charge is 0.461 e. The Bertz CT molecular complexity index is 448. The highest BCUT2D eigenvalue weighted by atomic mass is 16.5. The number of nitrogens with one attached hydrogen (secondary N) is 1. The summed E-state index contributed by atoms with van der Waals surface area (Å²) in [6.07, 6.45) is 0. The predicted molar refractivity (Wildman–Crippen MR) is 81.6 cm³/mol. The summed E-state index contributed by atoms with van der Waals surface area (Å²) < 4.78 is 5.24. The average Bonchev–Trinajstić information content (AvgIpc) is 2.52. The monoisotopic (exact) mass is 292 g/mol. The molecule has 1 N–H and O–H groups in total. The summed E-state index contributed by atoms with van der Waals surface area (Å²) in [5, 5.41) is 2.99.